The topological polar surface area (TPSA) is 64.9 Å². The van der Waals surface area contributed by atoms with E-state index >= 15 is 0 Å². The van der Waals surface area contributed by atoms with Crippen LogP contribution in [0.4, 0.5) is 20.6 Å². The summed E-state index contributed by atoms with van der Waals surface area (Å²) in [5, 5.41) is 14.4. The predicted octanol–water partition coefficient (Wildman–Crippen LogP) is 3.99. The van der Waals surface area contributed by atoms with Gasteiger partial charge in [0, 0.05) is 10.7 Å². The van der Waals surface area contributed by atoms with Crippen molar-refractivity contribution in [2.75, 3.05) is 10.6 Å². The first-order valence-corrected chi connectivity index (χ1v) is 5.99. The second-order valence-electron chi connectivity index (χ2n) is 3.89. The molecule has 0 atom stereocenters. The van der Waals surface area contributed by atoms with E-state index in [-0.39, 0.29) is 11.3 Å². The molecule has 100 valence electrons. The van der Waals surface area contributed by atoms with Crippen LogP contribution in [0.15, 0.2) is 42.5 Å². The Kier molecular flexibility index (Phi) is 4.18. The molecule has 0 unspecified atom stereocenters. The average molecular weight is 290 g/mol. The minimum atomic E-state index is -0.546. The van der Waals surface area contributed by atoms with Gasteiger partial charge in [-0.05, 0) is 36.4 Å². The van der Waals surface area contributed by atoms with Gasteiger partial charge >= 0.3 is 6.03 Å². The molecule has 0 saturated heterocycles. The fraction of sp³-hybridized carbons (Fsp3) is 0. The van der Waals surface area contributed by atoms with Crippen LogP contribution >= 0.6 is 11.6 Å². The number of carbonyl (C=O) groups is 1. The number of carbonyl (C=O) groups excluding carboxylic acids is 1. The largest absolute Gasteiger partial charge is 0.323 e. The molecular formula is C14H9ClFN3O. The lowest BCUT2D eigenvalue weighted by Crippen LogP contribution is -2.20. The molecule has 0 saturated carbocycles. The van der Waals surface area contributed by atoms with Crippen molar-refractivity contribution in [1.82, 2.24) is 0 Å². The normalized spacial score (nSPS) is 9.65. The minimum absolute atomic E-state index is 0.0474. The SMILES string of the molecule is N#Cc1cc(F)ccc1NC(=O)Nc1cccc(Cl)c1. The summed E-state index contributed by atoms with van der Waals surface area (Å²) in [5.41, 5.74) is 0.787. The molecule has 6 heteroatoms. The van der Waals surface area contributed by atoms with Crippen molar-refractivity contribution in [3.63, 3.8) is 0 Å². The fourth-order valence-electron chi connectivity index (χ4n) is 1.57. The second kappa shape index (κ2) is 6.04. The van der Waals surface area contributed by atoms with Crippen molar-refractivity contribution in [1.29, 1.82) is 5.26 Å². The van der Waals surface area contributed by atoms with E-state index in [4.69, 9.17) is 16.9 Å². The monoisotopic (exact) mass is 289 g/mol. The molecule has 0 fully saturated rings. The highest BCUT2D eigenvalue weighted by Crippen LogP contribution is 2.18. The van der Waals surface area contributed by atoms with Crippen LogP contribution in [0.25, 0.3) is 0 Å². The maximum absolute atomic E-state index is 13.0. The molecule has 2 aromatic rings. The highest BCUT2D eigenvalue weighted by molar-refractivity contribution is 6.30. The van der Waals surface area contributed by atoms with Gasteiger partial charge < -0.3 is 10.6 Å². The summed E-state index contributed by atoms with van der Waals surface area (Å²) in [7, 11) is 0. The molecule has 0 radical (unpaired) electrons. The number of rotatable bonds is 2. The van der Waals surface area contributed by atoms with Gasteiger partial charge in [-0.3, -0.25) is 0 Å². The molecule has 0 aromatic heterocycles. The maximum atomic E-state index is 13.0. The number of hydrogen-bond donors (Lipinski definition) is 2. The molecule has 0 aliphatic rings. The summed E-state index contributed by atoms with van der Waals surface area (Å²) in [6.07, 6.45) is 0. The van der Waals surface area contributed by atoms with Gasteiger partial charge in [0.05, 0.1) is 11.3 Å². The lowest BCUT2D eigenvalue weighted by molar-refractivity contribution is 0.262. The van der Waals surface area contributed by atoms with Crippen molar-refractivity contribution < 1.29 is 9.18 Å². The van der Waals surface area contributed by atoms with Crippen LogP contribution in [0.3, 0.4) is 0 Å². The third-order valence-electron chi connectivity index (χ3n) is 2.43. The molecule has 2 aromatic carbocycles. The van der Waals surface area contributed by atoms with Gasteiger partial charge in [0.2, 0.25) is 0 Å². The summed E-state index contributed by atoms with van der Waals surface area (Å²) in [5.74, 6) is -0.539. The molecule has 20 heavy (non-hydrogen) atoms. The molecular weight excluding hydrogens is 281 g/mol. The van der Waals surface area contributed by atoms with E-state index in [1.807, 2.05) is 6.07 Å². The highest BCUT2D eigenvalue weighted by atomic mass is 35.5. The number of halogens is 2. The third-order valence-corrected chi connectivity index (χ3v) is 2.67. The van der Waals surface area contributed by atoms with Gasteiger partial charge in [-0.15, -0.1) is 0 Å². The standard InChI is InChI=1S/C14H9ClFN3O/c15-10-2-1-3-12(7-10)18-14(20)19-13-5-4-11(16)6-9(13)8-17/h1-7H,(H2,18,19,20). The maximum Gasteiger partial charge on any atom is 0.323 e. The first-order valence-electron chi connectivity index (χ1n) is 5.62. The fourth-order valence-corrected chi connectivity index (χ4v) is 1.76. The number of amides is 2. The van der Waals surface area contributed by atoms with Gasteiger partial charge in [0.25, 0.3) is 0 Å². The van der Waals surface area contributed by atoms with Gasteiger partial charge in [0.1, 0.15) is 11.9 Å². The predicted molar refractivity (Wildman–Crippen MR) is 75.2 cm³/mol. The average Bonchev–Trinajstić information content (AvgIpc) is 2.40. The number of urea groups is 1. The minimum Gasteiger partial charge on any atom is -0.308 e. The van der Waals surface area contributed by atoms with Crippen molar-refractivity contribution in [2.45, 2.75) is 0 Å². The molecule has 4 nitrogen and oxygen atoms in total. The number of anilines is 2. The van der Waals surface area contributed by atoms with Crippen LogP contribution in [0.2, 0.25) is 5.02 Å². The first kappa shape index (κ1) is 13.8. The Morgan fingerprint density at radius 2 is 2.00 bits per heavy atom. The summed E-state index contributed by atoms with van der Waals surface area (Å²) >= 11 is 5.80. The van der Waals surface area contributed by atoms with Crippen LogP contribution in [0, 0.1) is 17.1 Å². The van der Waals surface area contributed by atoms with E-state index in [2.05, 4.69) is 10.6 Å². The quantitative estimate of drug-likeness (QED) is 0.878. The molecule has 0 heterocycles. The first-order chi connectivity index (χ1) is 9.58. The number of nitrogens with zero attached hydrogens (tertiary/aromatic N) is 1. The Bertz CT molecular complexity index is 697. The lowest BCUT2D eigenvalue weighted by atomic mass is 10.2. The number of nitrogens with one attached hydrogen (secondary N) is 2. The number of hydrogen-bond acceptors (Lipinski definition) is 2. The lowest BCUT2D eigenvalue weighted by Gasteiger charge is -2.09. The molecule has 2 N–H and O–H groups in total. The summed E-state index contributed by atoms with van der Waals surface area (Å²) in [4.78, 5) is 11.8. The van der Waals surface area contributed by atoms with E-state index in [0.717, 1.165) is 12.1 Å². The van der Waals surface area contributed by atoms with E-state index in [9.17, 15) is 9.18 Å². The Morgan fingerprint density at radius 3 is 2.70 bits per heavy atom. The zero-order valence-corrected chi connectivity index (χ0v) is 10.9. The zero-order valence-electron chi connectivity index (χ0n) is 10.2. The van der Waals surface area contributed by atoms with Crippen molar-refractivity contribution in [3.8, 4) is 6.07 Å². The molecule has 2 amide bonds. The zero-order chi connectivity index (χ0) is 14.5. The Morgan fingerprint density at radius 1 is 1.20 bits per heavy atom. The summed E-state index contributed by atoms with van der Waals surface area (Å²) in [6, 6.07) is 11.4. The molecule has 2 rings (SSSR count). The van der Waals surface area contributed by atoms with Crippen LogP contribution < -0.4 is 10.6 Å². The summed E-state index contributed by atoms with van der Waals surface area (Å²) < 4.78 is 13.0. The third kappa shape index (κ3) is 3.46. The Balaban J connectivity index is 2.11. The highest BCUT2D eigenvalue weighted by Gasteiger charge is 2.08. The van der Waals surface area contributed by atoms with Crippen molar-refractivity contribution in [3.05, 3.63) is 58.9 Å². The van der Waals surface area contributed by atoms with Crippen LogP contribution in [0.5, 0.6) is 0 Å². The van der Waals surface area contributed by atoms with Gasteiger partial charge in [-0.2, -0.15) is 5.26 Å². The molecule has 0 aliphatic heterocycles. The number of benzene rings is 2. The Hall–Kier alpha value is -2.58. The van der Waals surface area contributed by atoms with Gasteiger partial charge in [-0.1, -0.05) is 17.7 Å². The molecule has 0 aliphatic carbocycles. The van der Waals surface area contributed by atoms with Crippen LogP contribution in [-0.2, 0) is 0 Å². The van der Waals surface area contributed by atoms with E-state index in [1.54, 1.807) is 24.3 Å². The van der Waals surface area contributed by atoms with Crippen molar-refractivity contribution >= 4 is 29.0 Å². The van der Waals surface area contributed by atoms with Crippen LogP contribution in [-0.4, -0.2) is 6.03 Å². The molecule has 0 bridgehead atoms. The van der Waals surface area contributed by atoms with Gasteiger partial charge in [0.15, 0.2) is 0 Å². The smallest absolute Gasteiger partial charge is 0.308 e. The summed E-state index contributed by atoms with van der Waals surface area (Å²) in [6.45, 7) is 0. The Labute approximate surface area is 119 Å². The van der Waals surface area contributed by atoms with Crippen LogP contribution in [0.1, 0.15) is 5.56 Å². The van der Waals surface area contributed by atoms with Crippen molar-refractivity contribution in [2.24, 2.45) is 0 Å². The second-order valence-corrected chi connectivity index (χ2v) is 4.33. The number of nitriles is 1. The van der Waals surface area contributed by atoms with E-state index < -0.39 is 11.8 Å². The van der Waals surface area contributed by atoms with E-state index in [0.29, 0.717) is 10.7 Å². The van der Waals surface area contributed by atoms with Gasteiger partial charge in [-0.25, -0.2) is 9.18 Å². The molecule has 0 spiro atoms. The van der Waals surface area contributed by atoms with E-state index in [1.165, 1.54) is 6.07 Å².